The largest absolute Gasteiger partial charge is 0.361 e. The van der Waals surface area contributed by atoms with E-state index in [1.165, 1.54) is 16.9 Å². The highest BCUT2D eigenvalue weighted by molar-refractivity contribution is 7.18. The van der Waals surface area contributed by atoms with E-state index in [0.29, 0.717) is 6.54 Å². The lowest BCUT2D eigenvalue weighted by Crippen LogP contribution is -2.22. The molecule has 0 spiro atoms. The molecule has 3 aromatic heterocycles. The van der Waals surface area contributed by atoms with Crippen LogP contribution in [-0.4, -0.2) is 14.7 Å². The van der Waals surface area contributed by atoms with Crippen molar-refractivity contribution in [3.8, 4) is 0 Å². The van der Waals surface area contributed by atoms with Crippen LogP contribution < -0.4 is 5.56 Å². The summed E-state index contributed by atoms with van der Waals surface area (Å²) in [7, 11) is 0. The lowest BCUT2D eigenvalue weighted by molar-refractivity contribution is 0.392. The smallest absolute Gasteiger partial charge is 0.262 e. The third kappa shape index (κ3) is 2.01. The molecular weight excluding hydrogens is 298 g/mol. The van der Waals surface area contributed by atoms with Crippen molar-refractivity contribution in [1.29, 1.82) is 0 Å². The van der Waals surface area contributed by atoms with Gasteiger partial charge in [0.05, 0.1) is 24.0 Å². The Labute approximate surface area is 131 Å². The maximum absolute atomic E-state index is 12.9. The van der Waals surface area contributed by atoms with Crippen LogP contribution in [0.5, 0.6) is 0 Å². The van der Waals surface area contributed by atoms with Gasteiger partial charge in [0.15, 0.2) is 0 Å². The van der Waals surface area contributed by atoms with Crippen LogP contribution in [0.25, 0.3) is 10.2 Å². The van der Waals surface area contributed by atoms with Crippen molar-refractivity contribution >= 4 is 21.6 Å². The molecule has 22 heavy (non-hydrogen) atoms. The summed E-state index contributed by atoms with van der Waals surface area (Å²) in [6, 6.07) is 0. The second-order valence-corrected chi connectivity index (χ2v) is 6.96. The number of hydrogen-bond acceptors (Lipinski definition) is 5. The van der Waals surface area contributed by atoms with Gasteiger partial charge in [-0.15, -0.1) is 11.3 Å². The Kier molecular flexibility index (Phi) is 3.14. The number of aromatic nitrogens is 3. The van der Waals surface area contributed by atoms with Gasteiger partial charge < -0.3 is 4.52 Å². The molecule has 3 heterocycles. The average Bonchev–Trinajstić information content (AvgIpc) is 3.04. The van der Waals surface area contributed by atoms with Gasteiger partial charge in [-0.25, -0.2) is 4.98 Å². The molecule has 114 valence electrons. The lowest BCUT2D eigenvalue weighted by Gasteiger charge is -2.10. The Hall–Kier alpha value is -1.95. The summed E-state index contributed by atoms with van der Waals surface area (Å²) in [4.78, 5) is 19.6. The van der Waals surface area contributed by atoms with Crippen molar-refractivity contribution in [2.75, 3.05) is 0 Å². The molecule has 4 rings (SSSR count). The first-order chi connectivity index (χ1) is 10.6. The van der Waals surface area contributed by atoms with E-state index in [4.69, 9.17) is 4.52 Å². The van der Waals surface area contributed by atoms with Gasteiger partial charge in [0.25, 0.3) is 5.56 Å². The van der Waals surface area contributed by atoms with E-state index in [1.54, 1.807) is 22.2 Å². The summed E-state index contributed by atoms with van der Waals surface area (Å²) in [6.45, 7) is 4.24. The number of nitrogens with zero attached hydrogens (tertiary/aromatic N) is 3. The first-order valence-electron chi connectivity index (χ1n) is 7.56. The predicted octanol–water partition coefficient (Wildman–Crippen LogP) is 2.99. The van der Waals surface area contributed by atoms with Crippen LogP contribution in [0.2, 0.25) is 0 Å². The Morgan fingerprint density at radius 2 is 2.14 bits per heavy atom. The van der Waals surface area contributed by atoms with E-state index in [9.17, 15) is 4.79 Å². The Morgan fingerprint density at radius 3 is 2.91 bits per heavy atom. The van der Waals surface area contributed by atoms with Crippen molar-refractivity contribution in [2.45, 2.75) is 46.1 Å². The molecule has 3 aromatic rings. The zero-order valence-electron chi connectivity index (χ0n) is 12.7. The quantitative estimate of drug-likeness (QED) is 0.729. The summed E-state index contributed by atoms with van der Waals surface area (Å²) in [5.41, 5.74) is 3.09. The normalized spacial score (nSPS) is 14.5. The maximum atomic E-state index is 12.9. The van der Waals surface area contributed by atoms with E-state index in [-0.39, 0.29) is 5.56 Å². The van der Waals surface area contributed by atoms with Gasteiger partial charge in [-0.05, 0) is 45.1 Å². The van der Waals surface area contributed by atoms with Crippen LogP contribution in [0.4, 0.5) is 0 Å². The fourth-order valence-corrected chi connectivity index (χ4v) is 4.41. The molecule has 1 aliphatic rings. The summed E-state index contributed by atoms with van der Waals surface area (Å²) in [5, 5.41) is 4.78. The first kappa shape index (κ1) is 13.7. The van der Waals surface area contributed by atoms with Gasteiger partial charge >= 0.3 is 0 Å². The van der Waals surface area contributed by atoms with Gasteiger partial charge in [0.2, 0.25) is 0 Å². The third-order valence-corrected chi connectivity index (χ3v) is 5.65. The third-order valence-electron chi connectivity index (χ3n) is 4.45. The molecule has 0 unspecified atom stereocenters. The van der Waals surface area contributed by atoms with E-state index in [2.05, 4.69) is 10.1 Å². The van der Waals surface area contributed by atoms with Gasteiger partial charge in [-0.3, -0.25) is 9.36 Å². The van der Waals surface area contributed by atoms with E-state index >= 15 is 0 Å². The minimum absolute atomic E-state index is 0.0596. The molecule has 0 atom stereocenters. The number of thiophene rings is 1. The fourth-order valence-electron chi connectivity index (χ4n) is 3.19. The highest BCUT2D eigenvalue weighted by atomic mass is 32.1. The first-order valence-corrected chi connectivity index (χ1v) is 8.38. The molecule has 0 N–H and O–H groups in total. The molecule has 6 heteroatoms. The van der Waals surface area contributed by atoms with Crippen LogP contribution in [0.3, 0.4) is 0 Å². The molecule has 0 radical (unpaired) electrons. The monoisotopic (exact) mass is 315 g/mol. The topological polar surface area (TPSA) is 60.9 Å². The van der Waals surface area contributed by atoms with E-state index < -0.39 is 0 Å². The zero-order chi connectivity index (χ0) is 15.3. The molecule has 0 fully saturated rings. The average molecular weight is 315 g/mol. The Balaban J connectivity index is 1.86. The summed E-state index contributed by atoms with van der Waals surface area (Å²) < 4.78 is 6.86. The molecule has 0 bridgehead atoms. The molecular formula is C16H17N3O2S. The van der Waals surface area contributed by atoms with Gasteiger partial charge in [-0.2, -0.15) is 0 Å². The van der Waals surface area contributed by atoms with Crippen LogP contribution in [0, 0.1) is 13.8 Å². The van der Waals surface area contributed by atoms with Gasteiger partial charge in [0, 0.05) is 10.4 Å². The molecule has 0 saturated carbocycles. The van der Waals surface area contributed by atoms with Gasteiger partial charge in [0.1, 0.15) is 10.6 Å². The highest BCUT2D eigenvalue weighted by Crippen LogP contribution is 2.33. The van der Waals surface area contributed by atoms with Crippen molar-refractivity contribution < 1.29 is 4.52 Å². The Bertz CT molecular complexity index is 900. The minimum atomic E-state index is 0.0596. The van der Waals surface area contributed by atoms with Crippen molar-refractivity contribution in [2.24, 2.45) is 0 Å². The number of hydrogen-bond donors (Lipinski definition) is 0. The van der Waals surface area contributed by atoms with E-state index in [1.807, 2.05) is 13.8 Å². The SMILES string of the molecule is Cc1noc(C)c1Cn1cnc2sc3c(c2c1=O)CCCC3. The highest BCUT2D eigenvalue weighted by Gasteiger charge is 2.20. The van der Waals surface area contributed by atoms with Crippen molar-refractivity contribution in [1.82, 2.24) is 14.7 Å². The minimum Gasteiger partial charge on any atom is -0.361 e. The van der Waals surface area contributed by atoms with Crippen molar-refractivity contribution in [3.05, 3.63) is 44.1 Å². The predicted molar refractivity (Wildman–Crippen MR) is 85.6 cm³/mol. The van der Waals surface area contributed by atoms with Gasteiger partial charge in [-0.1, -0.05) is 5.16 Å². The molecule has 0 aliphatic heterocycles. The molecule has 5 nitrogen and oxygen atoms in total. The summed E-state index contributed by atoms with van der Waals surface area (Å²) >= 11 is 1.68. The summed E-state index contributed by atoms with van der Waals surface area (Å²) in [5.74, 6) is 0.761. The molecule has 0 aromatic carbocycles. The fraction of sp³-hybridized carbons (Fsp3) is 0.438. The maximum Gasteiger partial charge on any atom is 0.262 e. The number of fused-ring (bicyclic) bond motifs is 3. The van der Waals surface area contributed by atoms with Crippen LogP contribution >= 0.6 is 11.3 Å². The summed E-state index contributed by atoms with van der Waals surface area (Å²) in [6.07, 6.45) is 6.11. The zero-order valence-corrected chi connectivity index (χ0v) is 13.5. The van der Waals surface area contributed by atoms with Crippen LogP contribution in [0.15, 0.2) is 15.6 Å². The van der Waals surface area contributed by atoms with Crippen LogP contribution in [-0.2, 0) is 19.4 Å². The second-order valence-electron chi connectivity index (χ2n) is 5.87. The Morgan fingerprint density at radius 1 is 1.32 bits per heavy atom. The van der Waals surface area contributed by atoms with Crippen LogP contribution in [0.1, 0.15) is 40.3 Å². The standard InChI is InChI=1S/C16H17N3O2S/c1-9-12(10(2)21-18-9)7-19-8-17-15-14(16(19)20)11-5-3-4-6-13(11)22-15/h8H,3-7H2,1-2H3. The lowest BCUT2D eigenvalue weighted by atomic mass is 9.97. The molecule has 0 amide bonds. The number of aryl methyl sites for hydroxylation is 4. The number of rotatable bonds is 2. The van der Waals surface area contributed by atoms with E-state index in [0.717, 1.165) is 46.5 Å². The second kappa shape index (κ2) is 5.05. The molecule has 1 aliphatic carbocycles. The van der Waals surface area contributed by atoms with Crippen molar-refractivity contribution in [3.63, 3.8) is 0 Å². The molecule has 0 saturated heterocycles.